The summed E-state index contributed by atoms with van der Waals surface area (Å²) in [7, 11) is 0.810. The molecule has 328 valence electrons. The van der Waals surface area contributed by atoms with E-state index in [1.165, 1.54) is 112 Å². The zero-order valence-electron chi connectivity index (χ0n) is 40.0. The van der Waals surface area contributed by atoms with Crippen molar-refractivity contribution in [2.24, 2.45) is 0 Å². The van der Waals surface area contributed by atoms with Gasteiger partial charge in [-0.15, -0.1) is 11.3 Å². The molecule has 0 saturated carbocycles. The Hall–Kier alpha value is -6.04. The normalized spacial score (nSPS) is 17.5. The van der Waals surface area contributed by atoms with Crippen LogP contribution in [0.4, 0.5) is 28.4 Å². The van der Waals surface area contributed by atoms with Gasteiger partial charge in [-0.3, -0.25) is 0 Å². The molecule has 5 heteroatoms. The molecule has 1 aliphatic heterocycles. The van der Waals surface area contributed by atoms with Crippen LogP contribution in [0, 0.1) is 6.92 Å². The molecule has 0 saturated heterocycles. The third kappa shape index (κ3) is 6.36. The van der Waals surface area contributed by atoms with E-state index < -0.39 is 0 Å². The Morgan fingerprint density at radius 2 is 1.20 bits per heavy atom. The summed E-state index contributed by atoms with van der Waals surface area (Å²) in [5, 5.41) is 7.69. The van der Waals surface area contributed by atoms with Gasteiger partial charge in [-0.2, -0.15) is 0 Å². The standard InChI is InChI=1S/C61H59BN2OS/c1-36-31-44-46(61(8,9)30-29-59(44,4)5)34-48(36)64-49-35-51-53(40-19-13-15-21-50(40)65-51)54(55(49)62-57-56(64)41-20-14-16-22-52(41)66-57)42-32-38(37-17-11-10-12-18-37)23-26-47(42)63-39-24-25-43-45(33-39)60(6,7)28-27-58(43,2)3/h10-26,31-35,62-63H,27-30H2,1-9H3. The first-order valence-electron chi connectivity index (χ1n) is 24.1. The van der Waals surface area contributed by atoms with E-state index >= 15 is 0 Å². The quantitative estimate of drug-likeness (QED) is 0.175. The van der Waals surface area contributed by atoms with Crippen LogP contribution in [0.3, 0.4) is 0 Å². The summed E-state index contributed by atoms with van der Waals surface area (Å²) < 4.78 is 9.75. The molecule has 7 aromatic carbocycles. The first-order chi connectivity index (χ1) is 31.6. The molecule has 3 nitrogen and oxygen atoms in total. The highest BCUT2D eigenvalue weighted by Gasteiger charge is 2.41. The van der Waals surface area contributed by atoms with Crippen molar-refractivity contribution in [2.75, 3.05) is 10.2 Å². The van der Waals surface area contributed by atoms with Crippen LogP contribution < -0.4 is 20.5 Å². The van der Waals surface area contributed by atoms with Crippen LogP contribution in [0.5, 0.6) is 0 Å². The molecule has 66 heavy (non-hydrogen) atoms. The van der Waals surface area contributed by atoms with E-state index in [9.17, 15) is 0 Å². The van der Waals surface area contributed by atoms with Crippen LogP contribution >= 0.6 is 11.3 Å². The van der Waals surface area contributed by atoms with Crippen molar-refractivity contribution >= 4 is 89.3 Å². The predicted molar refractivity (Wildman–Crippen MR) is 286 cm³/mol. The maximum absolute atomic E-state index is 7.04. The Labute approximate surface area is 395 Å². The second-order valence-electron chi connectivity index (χ2n) is 22.3. The summed E-state index contributed by atoms with van der Waals surface area (Å²) in [6.45, 7) is 21.8. The predicted octanol–water partition coefficient (Wildman–Crippen LogP) is 16.1. The number of hydrogen-bond donors (Lipinski definition) is 1. The second kappa shape index (κ2) is 14.5. The lowest BCUT2D eigenvalue weighted by Crippen LogP contribution is -2.40. The molecule has 0 spiro atoms. The Morgan fingerprint density at radius 1 is 0.561 bits per heavy atom. The number of hydrogen-bond acceptors (Lipinski definition) is 4. The van der Waals surface area contributed by atoms with Crippen molar-refractivity contribution in [3.63, 3.8) is 0 Å². The highest BCUT2D eigenvalue weighted by molar-refractivity contribution is 7.29. The number of benzene rings is 7. The topological polar surface area (TPSA) is 28.4 Å². The SMILES string of the molecule is Cc1cc2c(cc1N1c3cc4oc5ccccc5c4c(-c4cc(-c5ccccc5)ccc4Nc4ccc5c(c4)C(C)(C)CCC5(C)C)c3Bc3sc4ccccc4c31)C(C)(C)CCC2(C)C. The van der Waals surface area contributed by atoms with Gasteiger partial charge in [0, 0.05) is 55.2 Å². The lowest BCUT2D eigenvalue weighted by Gasteiger charge is -2.43. The minimum atomic E-state index is 0.0550. The number of furan rings is 1. The van der Waals surface area contributed by atoms with Crippen LogP contribution in [-0.4, -0.2) is 7.28 Å². The summed E-state index contributed by atoms with van der Waals surface area (Å²) in [5.74, 6) is 0. The lowest BCUT2D eigenvalue weighted by molar-refractivity contribution is 0.332. The zero-order valence-corrected chi connectivity index (χ0v) is 40.8. The smallest absolute Gasteiger partial charge is 0.211 e. The van der Waals surface area contributed by atoms with Crippen molar-refractivity contribution < 1.29 is 4.42 Å². The minimum absolute atomic E-state index is 0.0550. The summed E-state index contributed by atoms with van der Waals surface area (Å²) in [4.78, 5) is 2.64. The molecule has 0 radical (unpaired) electrons. The van der Waals surface area contributed by atoms with E-state index in [0.717, 1.165) is 41.6 Å². The fraction of sp³-hybridized carbons (Fsp3) is 0.279. The molecule has 0 atom stereocenters. The molecule has 2 aliphatic carbocycles. The molecule has 0 bridgehead atoms. The van der Waals surface area contributed by atoms with Gasteiger partial charge in [-0.1, -0.05) is 140 Å². The van der Waals surface area contributed by atoms with Crippen LogP contribution in [-0.2, 0) is 21.7 Å². The van der Waals surface area contributed by atoms with E-state index in [1.54, 1.807) is 0 Å². The first kappa shape index (κ1) is 41.4. The maximum Gasteiger partial charge on any atom is 0.211 e. The van der Waals surface area contributed by atoms with Crippen molar-refractivity contribution in [3.05, 3.63) is 161 Å². The molecule has 1 N–H and O–H groups in total. The number of nitrogens with zero attached hydrogens (tertiary/aromatic N) is 1. The van der Waals surface area contributed by atoms with Crippen LogP contribution in [0.1, 0.15) is 109 Å². The summed E-state index contributed by atoms with van der Waals surface area (Å²) in [6.07, 6.45) is 4.71. The number of anilines is 5. The fourth-order valence-corrected chi connectivity index (χ4v) is 13.2. The third-order valence-corrected chi connectivity index (χ3v) is 17.3. The van der Waals surface area contributed by atoms with Crippen molar-refractivity contribution in [2.45, 2.75) is 110 Å². The van der Waals surface area contributed by atoms with Crippen LogP contribution in [0.2, 0.25) is 0 Å². The third-order valence-electron chi connectivity index (χ3n) is 16.1. The second-order valence-corrected chi connectivity index (χ2v) is 23.5. The van der Waals surface area contributed by atoms with Gasteiger partial charge in [-0.05, 0) is 151 Å². The monoisotopic (exact) mass is 878 g/mol. The van der Waals surface area contributed by atoms with Gasteiger partial charge < -0.3 is 14.6 Å². The molecule has 9 aromatic rings. The molecular formula is C61H59BN2OS. The molecule has 3 heterocycles. The number of aryl methyl sites for hydroxylation is 1. The molecular weight excluding hydrogens is 820 g/mol. The van der Waals surface area contributed by atoms with Gasteiger partial charge in [0.05, 0.1) is 5.69 Å². The van der Waals surface area contributed by atoms with E-state index in [-0.39, 0.29) is 21.7 Å². The average Bonchev–Trinajstić information content (AvgIpc) is 3.87. The van der Waals surface area contributed by atoms with E-state index in [4.69, 9.17) is 4.42 Å². The largest absolute Gasteiger partial charge is 0.456 e. The van der Waals surface area contributed by atoms with E-state index in [2.05, 4.69) is 206 Å². The minimum Gasteiger partial charge on any atom is -0.456 e. The Bertz CT molecular complexity index is 3460. The van der Waals surface area contributed by atoms with E-state index in [0.29, 0.717) is 0 Å². The number of fused-ring (bicyclic) bond motifs is 9. The number of nitrogens with one attached hydrogen (secondary N) is 1. The molecule has 3 aliphatic rings. The number of thiophene rings is 1. The Morgan fingerprint density at radius 3 is 1.94 bits per heavy atom. The summed E-state index contributed by atoms with van der Waals surface area (Å²) in [5.41, 5.74) is 21.5. The van der Waals surface area contributed by atoms with E-state index in [1.807, 2.05) is 11.3 Å². The van der Waals surface area contributed by atoms with Gasteiger partial charge in [-0.25, -0.2) is 0 Å². The van der Waals surface area contributed by atoms with Gasteiger partial charge in [0.25, 0.3) is 0 Å². The fourth-order valence-electron chi connectivity index (χ4n) is 12.0. The average molecular weight is 879 g/mol. The molecule has 12 rings (SSSR count). The van der Waals surface area contributed by atoms with Crippen molar-refractivity contribution in [3.8, 4) is 22.3 Å². The summed E-state index contributed by atoms with van der Waals surface area (Å²) in [6, 6.07) is 50.2. The lowest BCUT2D eigenvalue weighted by atomic mass is 9.61. The summed E-state index contributed by atoms with van der Waals surface area (Å²) >= 11 is 1.95. The zero-order chi connectivity index (χ0) is 45.5. The maximum atomic E-state index is 7.04. The van der Waals surface area contributed by atoms with Gasteiger partial charge in [0.15, 0.2) is 0 Å². The highest BCUT2D eigenvalue weighted by atomic mass is 32.1. The van der Waals surface area contributed by atoms with Gasteiger partial charge >= 0.3 is 0 Å². The Balaban J connectivity index is 1.17. The molecule has 0 unspecified atom stereocenters. The van der Waals surface area contributed by atoms with Gasteiger partial charge in [0.1, 0.15) is 11.2 Å². The molecule has 0 fully saturated rings. The number of rotatable bonds is 5. The Kier molecular flexibility index (Phi) is 9.08. The van der Waals surface area contributed by atoms with Crippen LogP contribution in [0.25, 0.3) is 54.3 Å². The highest BCUT2D eigenvalue weighted by Crippen LogP contribution is 2.53. The first-order valence-corrected chi connectivity index (χ1v) is 24.9. The molecule has 0 amide bonds. The number of para-hydroxylation sites is 1. The van der Waals surface area contributed by atoms with Gasteiger partial charge in [0.2, 0.25) is 7.28 Å². The van der Waals surface area contributed by atoms with Crippen molar-refractivity contribution in [1.29, 1.82) is 0 Å². The molecule has 2 aromatic heterocycles. The van der Waals surface area contributed by atoms with Crippen LogP contribution in [0.15, 0.2) is 138 Å². The van der Waals surface area contributed by atoms with Crippen molar-refractivity contribution in [1.82, 2.24) is 0 Å².